The summed E-state index contributed by atoms with van der Waals surface area (Å²) in [5.74, 6) is 1.28. The van der Waals surface area contributed by atoms with Crippen LogP contribution in [0.3, 0.4) is 0 Å². The monoisotopic (exact) mass is 349 g/mol. The lowest BCUT2D eigenvalue weighted by atomic mass is 9.94. The largest absolute Gasteiger partial charge is 0.344 e. The van der Waals surface area contributed by atoms with E-state index in [1.807, 2.05) is 26.0 Å². The Balaban J connectivity index is 1.90. The quantitative estimate of drug-likeness (QED) is 0.769. The Bertz CT molecular complexity index is 917. The van der Waals surface area contributed by atoms with Gasteiger partial charge in [0.25, 0.3) is 0 Å². The number of carbonyl (C=O) groups is 1. The predicted octanol–water partition coefficient (Wildman–Crippen LogP) is 2.81. The zero-order chi connectivity index (χ0) is 18.7. The van der Waals surface area contributed by atoms with Crippen molar-refractivity contribution in [3.63, 3.8) is 0 Å². The zero-order valence-corrected chi connectivity index (χ0v) is 15.5. The summed E-state index contributed by atoms with van der Waals surface area (Å²) in [6, 6.07) is 9.89. The van der Waals surface area contributed by atoms with E-state index in [1.165, 1.54) is 0 Å². The van der Waals surface area contributed by atoms with Gasteiger partial charge in [0.15, 0.2) is 0 Å². The molecule has 1 atom stereocenters. The number of aryl methyl sites for hydroxylation is 4. The Morgan fingerprint density at radius 3 is 2.50 bits per heavy atom. The Morgan fingerprint density at radius 1 is 1.12 bits per heavy atom. The van der Waals surface area contributed by atoms with Crippen molar-refractivity contribution in [2.45, 2.75) is 40.3 Å². The van der Waals surface area contributed by atoms with Crippen LogP contribution in [0.2, 0.25) is 0 Å². The average molecular weight is 349 g/mol. The van der Waals surface area contributed by atoms with Crippen molar-refractivity contribution in [1.82, 2.24) is 25.1 Å². The molecule has 6 nitrogen and oxygen atoms in total. The second kappa shape index (κ2) is 7.47. The van der Waals surface area contributed by atoms with Crippen LogP contribution in [0.25, 0.3) is 0 Å². The summed E-state index contributed by atoms with van der Waals surface area (Å²) in [4.78, 5) is 21.0. The van der Waals surface area contributed by atoms with Crippen molar-refractivity contribution in [3.05, 3.63) is 76.6 Å². The fourth-order valence-corrected chi connectivity index (χ4v) is 3.02. The number of hydrogen-bond donors (Lipinski definition) is 1. The van der Waals surface area contributed by atoms with Crippen molar-refractivity contribution in [3.8, 4) is 0 Å². The molecule has 0 aliphatic heterocycles. The number of benzene rings is 1. The lowest BCUT2D eigenvalue weighted by molar-refractivity contribution is -0.122. The molecule has 26 heavy (non-hydrogen) atoms. The van der Waals surface area contributed by atoms with E-state index in [-0.39, 0.29) is 18.5 Å². The third-order valence-corrected chi connectivity index (χ3v) is 4.35. The van der Waals surface area contributed by atoms with Crippen LogP contribution in [0.15, 0.2) is 42.7 Å². The topological polar surface area (TPSA) is 72.7 Å². The number of nitrogens with zero attached hydrogens (tertiary/aromatic N) is 4. The van der Waals surface area contributed by atoms with E-state index >= 15 is 0 Å². The van der Waals surface area contributed by atoms with Crippen LogP contribution in [-0.4, -0.2) is 25.7 Å². The summed E-state index contributed by atoms with van der Waals surface area (Å²) >= 11 is 0. The smallest absolute Gasteiger partial charge is 0.242 e. The van der Waals surface area contributed by atoms with Crippen LogP contribution in [0.4, 0.5) is 0 Å². The molecule has 134 valence electrons. The molecule has 0 aliphatic carbocycles. The van der Waals surface area contributed by atoms with Crippen LogP contribution in [0.5, 0.6) is 0 Å². The number of amides is 1. The van der Waals surface area contributed by atoms with Gasteiger partial charge in [-0.15, -0.1) is 0 Å². The van der Waals surface area contributed by atoms with Crippen LogP contribution in [0, 0.1) is 27.7 Å². The standard InChI is InChI=1S/C20H23N5O/c1-13-5-6-14(2)18(11-13)20(17-7-9-21-10-8-17)23-19(26)12-25-16(4)22-15(3)24-25/h5-11,20H,12H2,1-4H3,(H,23,26)/t20-/m0/s1. The molecule has 1 aromatic carbocycles. The molecule has 0 fully saturated rings. The minimum atomic E-state index is -0.240. The number of rotatable bonds is 5. The predicted molar refractivity (Wildman–Crippen MR) is 99.6 cm³/mol. The van der Waals surface area contributed by atoms with Gasteiger partial charge in [-0.3, -0.25) is 9.78 Å². The summed E-state index contributed by atoms with van der Waals surface area (Å²) in [5.41, 5.74) is 4.36. The molecule has 0 radical (unpaired) electrons. The van der Waals surface area contributed by atoms with Crippen molar-refractivity contribution >= 4 is 5.91 Å². The maximum atomic E-state index is 12.7. The first-order valence-corrected chi connectivity index (χ1v) is 8.58. The number of carbonyl (C=O) groups excluding carboxylic acids is 1. The number of nitrogens with one attached hydrogen (secondary N) is 1. The highest BCUT2D eigenvalue weighted by Gasteiger charge is 2.20. The molecule has 0 spiro atoms. The Hall–Kier alpha value is -3.02. The molecular formula is C20H23N5O. The number of pyridine rings is 1. The molecule has 0 unspecified atom stereocenters. The summed E-state index contributed by atoms with van der Waals surface area (Å²) < 4.78 is 1.62. The molecular weight excluding hydrogens is 326 g/mol. The molecule has 1 amide bonds. The Morgan fingerprint density at radius 2 is 1.85 bits per heavy atom. The Kier molecular flexibility index (Phi) is 5.11. The third kappa shape index (κ3) is 3.96. The molecule has 2 heterocycles. The highest BCUT2D eigenvalue weighted by atomic mass is 16.2. The average Bonchev–Trinajstić information content (AvgIpc) is 2.93. The fraction of sp³-hybridized carbons (Fsp3) is 0.300. The molecule has 0 bridgehead atoms. The van der Waals surface area contributed by atoms with Crippen molar-refractivity contribution in [2.75, 3.05) is 0 Å². The van der Waals surface area contributed by atoms with Gasteiger partial charge in [0.05, 0.1) is 6.04 Å². The van der Waals surface area contributed by atoms with Gasteiger partial charge < -0.3 is 5.32 Å². The second-order valence-electron chi connectivity index (χ2n) is 6.50. The van der Waals surface area contributed by atoms with Gasteiger partial charge in [-0.2, -0.15) is 5.10 Å². The van der Waals surface area contributed by atoms with Crippen molar-refractivity contribution in [1.29, 1.82) is 0 Å². The molecule has 0 aliphatic rings. The van der Waals surface area contributed by atoms with Gasteiger partial charge in [-0.05, 0) is 56.5 Å². The Labute approximate surface area is 153 Å². The third-order valence-electron chi connectivity index (χ3n) is 4.35. The van der Waals surface area contributed by atoms with Gasteiger partial charge in [0, 0.05) is 12.4 Å². The number of hydrogen-bond acceptors (Lipinski definition) is 4. The van der Waals surface area contributed by atoms with Crippen LogP contribution in [0.1, 0.15) is 39.9 Å². The highest BCUT2D eigenvalue weighted by molar-refractivity contribution is 5.77. The molecule has 2 aromatic heterocycles. The molecule has 3 aromatic rings. The van der Waals surface area contributed by atoms with Gasteiger partial charge in [-0.25, -0.2) is 9.67 Å². The highest BCUT2D eigenvalue weighted by Crippen LogP contribution is 2.25. The summed E-state index contributed by atoms with van der Waals surface area (Å²) in [6.45, 7) is 7.91. The van der Waals surface area contributed by atoms with E-state index in [9.17, 15) is 4.79 Å². The van der Waals surface area contributed by atoms with Crippen LogP contribution in [-0.2, 0) is 11.3 Å². The van der Waals surface area contributed by atoms with E-state index in [4.69, 9.17) is 0 Å². The van der Waals surface area contributed by atoms with Gasteiger partial charge >= 0.3 is 0 Å². The summed E-state index contributed by atoms with van der Waals surface area (Å²) in [7, 11) is 0. The van der Waals surface area contributed by atoms with E-state index in [0.29, 0.717) is 5.82 Å². The minimum Gasteiger partial charge on any atom is -0.344 e. The van der Waals surface area contributed by atoms with Crippen LogP contribution >= 0.6 is 0 Å². The van der Waals surface area contributed by atoms with E-state index in [0.717, 1.165) is 28.1 Å². The first-order chi connectivity index (χ1) is 12.4. The first kappa shape index (κ1) is 17.8. The fourth-order valence-electron chi connectivity index (χ4n) is 3.02. The van der Waals surface area contributed by atoms with Gasteiger partial charge in [0.1, 0.15) is 18.2 Å². The van der Waals surface area contributed by atoms with Crippen molar-refractivity contribution < 1.29 is 4.79 Å². The molecule has 1 N–H and O–H groups in total. The SMILES string of the molecule is Cc1ccc(C)c([C@@H](NC(=O)Cn2nc(C)nc2C)c2ccncc2)c1. The van der Waals surface area contributed by atoms with Gasteiger partial charge in [-0.1, -0.05) is 23.8 Å². The second-order valence-corrected chi connectivity index (χ2v) is 6.50. The normalized spacial score (nSPS) is 12.0. The van der Waals surface area contributed by atoms with Crippen LogP contribution < -0.4 is 5.32 Å². The lowest BCUT2D eigenvalue weighted by Crippen LogP contribution is -2.33. The van der Waals surface area contributed by atoms with Gasteiger partial charge in [0.2, 0.25) is 5.91 Å². The summed E-state index contributed by atoms with van der Waals surface area (Å²) in [5, 5.41) is 7.42. The molecule has 0 saturated heterocycles. The molecule has 3 rings (SSSR count). The number of aromatic nitrogens is 4. The lowest BCUT2D eigenvalue weighted by Gasteiger charge is -2.22. The maximum Gasteiger partial charge on any atom is 0.242 e. The minimum absolute atomic E-state index is 0.110. The van der Waals surface area contributed by atoms with Crippen molar-refractivity contribution in [2.24, 2.45) is 0 Å². The zero-order valence-electron chi connectivity index (χ0n) is 15.5. The molecule has 6 heteroatoms. The van der Waals surface area contributed by atoms with E-state index in [2.05, 4.69) is 52.4 Å². The first-order valence-electron chi connectivity index (χ1n) is 8.58. The maximum absolute atomic E-state index is 12.7. The van der Waals surface area contributed by atoms with E-state index < -0.39 is 0 Å². The van der Waals surface area contributed by atoms with E-state index in [1.54, 1.807) is 17.1 Å². The molecule has 0 saturated carbocycles. The summed E-state index contributed by atoms with van der Waals surface area (Å²) in [6.07, 6.45) is 3.48.